The lowest BCUT2D eigenvalue weighted by Gasteiger charge is -2.11. The molecule has 1 heterocycles. The average Bonchev–Trinajstić information content (AvgIpc) is 3.11. The molecule has 2 N–H and O–H groups in total. The minimum absolute atomic E-state index is 0.0601. The zero-order valence-electron chi connectivity index (χ0n) is 16.4. The fourth-order valence-corrected chi connectivity index (χ4v) is 3.24. The second-order valence-electron chi connectivity index (χ2n) is 6.81. The van der Waals surface area contributed by atoms with Crippen molar-refractivity contribution >= 4 is 35.0 Å². The number of aromatic carboxylic acids is 1. The maximum Gasteiger partial charge on any atom is 0.335 e. The Morgan fingerprint density at radius 2 is 1.69 bits per heavy atom. The van der Waals surface area contributed by atoms with Gasteiger partial charge in [-0.25, -0.2) is 4.79 Å². The number of nitro groups is 1. The fourth-order valence-electron chi connectivity index (χ4n) is 3.24. The second kappa shape index (κ2) is 8.15. The van der Waals surface area contributed by atoms with Gasteiger partial charge < -0.3 is 10.2 Å². The van der Waals surface area contributed by atoms with Gasteiger partial charge in [-0.05, 0) is 30.3 Å². The van der Waals surface area contributed by atoms with Gasteiger partial charge in [0.05, 0.1) is 21.7 Å². The Morgan fingerprint density at radius 1 is 1.00 bits per heavy atom. The molecule has 0 saturated heterocycles. The molecule has 3 aromatic carbocycles. The van der Waals surface area contributed by atoms with E-state index >= 15 is 0 Å². The number of phenolic OH excluding ortho intramolecular Hbond substituents is 1. The van der Waals surface area contributed by atoms with Crippen LogP contribution in [0.1, 0.15) is 21.5 Å². The molecule has 9 heteroatoms. The summed E-state index contributed by atoms with van der Waals surface area (Å²) in [5, 5.41) is 36.1. The summed E-state index contributed by atoms with van der Waals surface area (Å²) in [6.45, 7) is 0. The first kappa shape index (κ1) is 20.5. The predicted molar refractivity (Wildman–Crippen MR) is 117 cm³/mol. The van der Waals surface area contributed by atoms with Gasteiger partial charge >= 0.3 is 11.7 Å². The standard InChI is InChI=1S/C23H15N3O6/c27-21-16(7-4-8-19(21)26(31)32)13-18-20(14-5-2-1-3-6-14)24-25(22(18)28)17-11-9-15(10-12-17)23(29)30/h1-13,27H,(H,29,30)/b18-13+. The van der Waals surface area contributed by atoms with Crippen LogP contribution in [-0.2, 0) is 4.79 Å². The monoisotopic (exact) mass is 429 g/mol. The molecule has 0 spiro atoms. The maximum absolute atomic E-state index is 13.3. The van der Waals surface area contributed by atoms with Gasteiger partial charge in [-0.1, -0.05) is 42.5 Å². The molecule has 0 radical (unpaired) electrons. The van der Waals surface area contributed by atoms with Crippen molar-refractivity contribution in [1.29, 1.82) is 0 Å². The summed E-state index contributed by atoms with van der Waals surface area (Å²) in [6, 6.07) is 18.5. The number of hydrazone groups is 1. The molecule has 0 atom stereocenters. The van der Waals surface area contributed by atoms with Crippen molar-refractivity contribution in [2.75, 3.05) is 5.01 Å². The predicted octanol–water partition coefficient (Wildman–Crippen LogP) is 3.83. The van der Waals surface area contributed by atoms with Crippen LogP contribution in [0.3, 0.4) is 0 Å². The summed E-state index contributed by atoms with van der Waals surface area (Å²) >= 11 is 0. The normalized spacial score (nSPS) is 14.5. The summed E-state index contributed by atoms with van der Waals surface area (Å²) in [5.41, 5.74) is 1.07. The van der Waals surface area contributed by atoms with Crippen molar-refractivity contribution in [3.8, 4) is 5.75 Å². The largest absolute Gasteiger partial charge is 0.502 e. The van der Waals surface area contributed by atoms with Gasteiger partial charge in [0, 0.05) is 17.2 Å². The number of carboxylic acid groups (broad SMARTS) is 1. The Labute approximate surface area is 181 Å². The van der Waals surface area contributed by atoms with E-state index in [1.165, 1.54) is 42.5 Å². The quantitative estimate of drug-likeness (QED) is 0.360. The van der Waals surface area contributed by atoms with Crippen LogP contribution in [0.5, 0.6) is 5.75 Å². The number of amides is 1. The maximum atomic E-state index is 13.3. The van der Waals surface area contributed by atoms with Crippen LogP contribution < -0.4 is 5.01 Å². The molecule has 32 heavy (non-hydrogen) atoms. The Balaban J connectivity index is 1.83. The lowest BCUT2D eigenvalue weighted by molar-refractivity contribution is -0.385. The Bertz CT molecular complexity index is 1300. The van der Waals surface area contributed by atoms with Crippen molar-refractivity contribution in [2.24, 2.45) is 5.10 Å². The number of aromatic hydroxyl groups is 1. The number of carbonyl (C=O) groups is 2. The first-order valence-electron chi connectivity index (χ1n) is 9.37. The number of rotatable bonds is 5. The van der Waals surface area contributed by atoms with Crippen LogP contribution in [0.2, 0.25) is 0 Å². The number of nitrogens with zero attached hydrogens (tertiary/aromatic N) is 3. The molecule has 3 aromatic rings. The summed E-state index contributed by atoms with van der Waals surface area (Å²) in [6.07, 6.45) is 1.35. The molecular weight excluding hydrogens is 414 g/mol. The Hall–Kier alpha value is -4.79. The van der Waals surface area contributed by atoms with Crippen LogP contribution in [0.25, 0.3) is 6.08 Å². The third kappa shape index (κ3) is 3.70. The van der Waals surface area contributed by atoms with Gasteiger partial charge in [-0.2, -0.15) is 10.1 Å². The minimum atomic E-state index is -1.10. The number of carboxylic acids is 1. The van der Waals surface area contributed by atoms with Crippen LogP contribution in [0.15, 0.2) is 83.5 Å². The second-order valence-corrected chi connectivity index (χ2v) is 6.81. The smallest absolute Gasteiger partial charge is 0.335 e. The number of nitro benzene ring substituents is 1. The Kier molecular flexibility index (Phi) is 5.22. The molecule has 1 aliphatic heterocycles. The van der Waals surface area contributed by atoms with Gasteiger partial charge in [-0.15, -0.1) is 0 Å². The molecule has 0 saturated carbocycles. The highest BCUT2D eigenvalue weighted by Gasteiger charge is 2.32. The lowest BCUT2D eigenvalue weighted by atomic mass is 9.99. The van der Waals surface area contributed by atoms with E-state index in [2.05, 4.69) is 5.10 Å². The summed E-state index contributed by atoms with van der Waals surface area (Å²) in [4.78, 5) is 34.8. The number of hydrogen-bond acceptors (Lipinski definition) is 6. The third-order valence-electron chi connectivity index (χ3n) is 4.83. The topological polar surface area (TPSA) is 133 Å². The fraction of sp³-hybridized carbons (Fsp3) is 0. The molecule has 0 bridgehead atoms. The van der Waals surface area contributed by atoms with Gasteiger partial charge in [-0.3, -0.25) is 14.9 Å². The first-order chi connectivity index (χ1) is 15.4. The van der Waals surface area contributed by atoms with Gasteiger partial charge in [0.1, 0.15) is 5.71 Å². The zero-order chi connectivity index (χ0) is 22.8. The van der Waals surface area contributed by atoms with E-state index in [0.717, 1.165) is 11.1 Å². The zero-order valence-corrected chi connectivity index (χ0v) is 16.4. The van der Waals surface area contributed by atoms with E-state index in [-0.39, 0.29) is 16.7 Å². The lowest BCUT2D eigenvalue weighted by Crippen LogP contribution is -2.21. The molecule has 1 amide bonds. The third-order valence-corrected chi connectivity index (χ3v) is 4.83. The molecule has 0 aromatic heterocycles. The number of hydrogen-bond donors (Lipinski definition) is 2. The number of phenols is 1. The van der Waals surface area contributed by atoms with E-state index < -0.39 is 28.2 Å². The van der Waals surface area contributed by atoms with Gasteiger partial charge in [0.2, 0.25) is 5.75 Å². The van der Waals surface area contributed by atoms with Crippen molar-refractivity contribution in [1.82, 2.24) is 0 Å². The number of benzene rings is 3. The summed E-state index contributed by atoms with van der Waals surface area (Å²) in [7, 11) is 0. The average molecular weight is 429 g/mol. The highest BCUT2D eigenvalue weighted by atomic mass is 16.6. The number of anilines is 1. The van der Waals surface area contributed by atoms with E-state index in [9.17, 15) is 24.8 Å². The number of carbonyl (C=O) groups excluding carboxylic acids is 1. The van der Waals surface area contributed by atoms with Crippen LogP contribution >= 0.6 is 0 Å². The van der Waals surface area contributed by atoms with Crippen molar-refractivity contribution in [3.63, 3.8) is 0 Å². The molecule has 0 aliphatic carbocycles. The van der Waals surface area contributed by atoms with Crippen molar-refractivity contribution < 1.29 is 24.7 Å². The Morgan fingerprint density at radius 3 is 2.31 bits per heavy atom. The van der Waals surface area contributed by atoms with Crippen LogP contribution in [-0.4, -0.2) is 32.7 Å². The summed E-state index contributed by atoms with van der Waals surface area (Å²) < 4.78 is 0. The molecule has 0 unspecified atom stereocenters. The molecule has 9 nitrogen and oxygen atoms in total. The minimum Gasteiger partial charge on any atom is -0.502 e. The molecular formula is C23H15N3O6. The van der Waals surface area contributed by atoms with Gasteiger partial charge in [0.25, 0.3) is 5.91 Å². The molecule has 1 aliphatic rings. The van der Waals surface area contributed by atoms with E-state index in [1.807, 2.05) is 0 Å². The first-order valence-corrected chi connectivity index (χ1v) is 9.37. The van der Waals surface area contributed by atoms with E-state index in [4.69, 9.17) is 5.11 Å². The number of para-hydroxylation sites is 1. The highest BCUT2D eigenvalue weighted by Crippen LogP contribution is 2.33. The van der Waals surface area contributed by atoms with Crippen LogP contribution in [0, 0.1) is 10.1 Å². The van der Waals surface area contributed by atoms with Crippen molar-refractivity contribution in [2.45, 2.75) is 0 Å². The van der Waals surface area contributed by atoms with Crippen LogP contribution in [0.4, 0.5) is 11.4 Å². The molecule has 0 fully saturated rings. The molecule has 4 rings (SSSR count). The summed E-state index contributed by atoms with van der Waals surface area (Å²) in [5.74, 6) is -2.19. The van der Waals surface area contributed by atoms with Crippen molar-refractivity contribution in [3.05, 3.63) is 105 Å². The van der Waals surface area contributed by atoms with E-state index in [1.54, 1.807) is 30.3 Å². The van der Waals surface area contributed by atoms with E-state index in [0.29, 0.717) is 17.0 Å². The SMILES string of the molecule is O=C(O)c1ccc(N2N=C(c3ccccc3)/C(=C\c3cccc([N+](=O)[O-])c3O)C2=O)cc1. The highest BCUT2D eigenvalue weighted by molar-refractivity contribution is 6.37. The van der Waals surface area contributed by atoms with Gasteiger partial charge in [0.15, 0.2) is 0 Å². The molecule has 158 valence electrons.